The molecule has 0 saturated carbocycles. The highest BCUT2D eigenvalue weighted by Crippen LogP contribution is 2.34. The summed E-state index contributed by atoms with van der Waals surface area (Å²) >= 11 is 0. The highest BCUT2D eigenvalue weighted by Gasteiger charge is 2.23. The van der Waals surface area contributed by atoms with Gasteiger partial charge >= 0.3 is 0 Å². The monoisotopic (exact) mass is 504 g/mol. The third-order valence-corrected chi connectivity index (χ3v) is 6.36. The van der Waals surface area contributed by atoms with Gasteiger partial charge in [0, 0.05) is 80.8 Å². The number of hydrogen-bond donors (Lipinski definition) is 1. The SMILES string of the molecule is CN=CC(=CN)c1cnc2ccc(N(CCN3C[C@@H](C)O[C@@H](C)C3)c3cc(OC)cc(OC)c3)cc2n1. The second-order valence-electron chi connectivity index (χ2n) is 9.18. The Labute approximate surface area is 218 Å². The average molecular weight is 505 g/mol. The van der Waals surface area contributed by atoms with E-state index in [4.69, 9.17) is 24.9 Å². The number of rotatable bonds is 9. The molecule has 4 rings (SSSR count). The van der Waals surface area contributed by atoms with E-state index in [1.54, 1.807) is 33.7 Å². The summed E-state index contributed by atoms with van der Waals surface area (Å²) in [4.78, 5) is 18.2. The molecule has 2 atom stereocenters. The molecule has 9 nitrogen and oxygen atoms in total. The van der Waals surface area contributed by atoms with Crippen molar-refractivity contribution in [3.05, 3.63) is 54.5 Å². The summed E-state index contributed by atoms with van der Waals surface area (Å²) in [5.41, 5.74) is 10.7. The van der Waals surface area contributed by atoms with E-state index in [1.165, 1.54) is 6.20 Å². The van der Waals surface area contributed by atoms with Crippen LogP contribution in [0.1, 0.15) is 19.5 Å². The Balaban J connectivity index is 1.73. The first-order chi connectivity index (χ1) is 17.9. The van der Waals surface area contributed by atoms with Crippen molar-refractivity contribution >= 4 is 34.2 Å². The quantitative estimate of drug-likeness (QED) is 0.438. The van der Waals surface area contributed by atoms with Crippen molar-refractivity contribution in [3.63, 3.8) is 0 Å². The van der Waals surface area contributed by atoms with Gasteiger partial charge in [-0.3, -0.25) is 14.9 Å². The molecule has 1 aliphatic heterocycles. The number of methoxy groups -OCH3 is 2. The zero-order valence-corrected chi connectivity index (χ0v) is 22.2. The molecule has 0 bridgehead atoms. The molecule has 0 amide bonds. The van der Waals surface area contributed by atoms with E-state index >= 15 is 0 Å². The van der Waals surface area contributed by atoms with Crippen molar-refractivity contribution in [1.82, 2.24) is 14.9 Å². The van der Waals surface area contributed by atoms with Crippen LogP contribution in [0.4, 0.5) is 11.4 Å². The molecule has 0 spiro atoms. The molecule has 0 aliphatic carbocycles. The van der Waals surface area contributed by atoms with Crippen LogP contribution in [0.2, 0.25) is 0 Å². The smallest absolute Gasteiger partial charge is 0.124 e. The van der Waals surface area contributed by atoms with Crippen LogP contribution in [-0.4, -0.2) is 80.7 Å². The average Bonchev–Trinajstić information content (AvgIpc) is 2.90. The van der Waals surface area contributed by atoms with Gasteiger partial charge < -0.3 is 24.8 Å². The lowest BCUT2D eigenvalue weighted by atomic mass is 10.1. The van der Waals surface area contributed by atoms with Gasteiger partial charge in [0.05, 0.1) is 49.4 Å². The minimum Gasteiger partial charge on any atom is -0.497 e. The standard InChI is InChI=1S/C28H36N6O3/c1-19-17-33(18-20(2)37-19)8-9-34(23-10-24(35-4)13-25(11-23)36-5)22-6-7-26-27(12-22)32-28(16-31-26)21(14-29)15-30-3/h6-7,10-16,19-20H,8-9,17-18,29H2,1-5H3/t19-,20+. The summed E-state index contributed by atoms with van der Waals surface area (Å²) in [6.07, 6.45) is 5.30. The maximum atomic E-state index is 5.93. The molecular weight excluding hydrogens is 468 g/mol. The van der Waals surface area contributed by atoms with Crippen LogP contribution in [0.15, 0.2) is 53.8 Å². The van der Waals surface area contributed by atoms with Crippen LogP contribution in [0.5, 0.6) is 11.5 Å². The van der Waals surface area contributed by atoms with Gasteiger partial charge in [0.25, 0.3) is 0 Å². The normalized spacial score (nSPS) is 18.9. The van der Waals surface area contributed by atoms with E-state index < -0.39 is 0 Å². The summed E-state index contributed by atoms with van der Waals surface area (Å²) in [5, 5.41) is 0. The summed E-state index contributed by atoms with van der Waals surface area (Å²) in [6.45, 7) is 7.68. The van der Waals surface area contributed by atoms with E-state index in [0.717, 1.165) is 60.1 Å². The van der Waals surface area contributed by atoms with Crippen LogP contribution in [0.3, 0.4) is 0 Å². The van der Waals surface area contributed by atoms with Crippen molar-refractivity contribution in [2.24, 2.45) is 10.7 Å². The molecular formula is C28H36N6O3. The highest BCUT2D eigenvalue weighted by atomic mass is 16.5. The van der Waals surface area contributed by atoms with E-state index in [1.807, 2.05) is 24.3 Å². The van der Waals surface area contributed by atoms with Gasteiger partial charge in [0.2, 0.25) is 0 Å². The summed E-state index contributed by atoms with van der Waals surface area (Å²) in [5.74, 6) is 1.46. The Bertz CT molecular complexity index is 1250. The molecule has 196 valence electrons. The Morgan fingerprint density at radius 2 is 1.78 bits per heavy atom. The lowest BCUT2D eigenvalue weighted by molar-refractivity contribution is -0.0669. The van der Waals surface area contributed by atoms with Crippen molar-refractivity contribution in [3.8, 4) is 11.5 Å². The topological polar surface area (TPSA) is 98.3 Å². The van der Waals surface area contributed by atoms with Gasteiger partial charge in [0.1, 0.15) is 11.5 Å². The van der Waals surface area contributed by atoms with E-state index in [0.29, 0.717) is 11.3 Å². The number of fused-ring (bicyclic) bond motifs is 1. The summed E-state index contributed by atoms with van der Waals surface area (Å²) in [6, 6.07) is 12.0. The molecule has 2 N–H and O–H groups in total. The van der Waals surface area contributed by atoms with Gasteiger partial charge in [-0.15, -0.1) is 0 Å². The third kappa shape index (κ3) is 6.36. The van der Waals surface area contributed by atoms with Crippen molar-refractivity contribution in [1.29, 1.82) is 0 Å². The predicted molar refractivity (Wildman–Crippen MR) is 149 cm³/mol. The predicted octanol–water partition coefficient (Wildman–Crippen LogP) is 3.89. The zero-order chi connectivity index (χ0) is 26.4. The van der Waals surface area contributed by atoms with Gasteiger partial charge in [-0.05, 0) is 32.0 Å². The number of hydrogen-bond acceptors (Lipinski definition) is 9. The van der Waals surface area contributed by atoms with E-state index in [-0.39, 0.29) is 12.2 Å². The van der Waals surface area contributed by atoms with Crippen LogP contribution in [0, 0.1) is 0 Å². The van der Waals surface area contributed by atoms with E-state index in [9.17, 15) is 0 Å². The summed E-state index contributed by atoms with van der Waals surface area (Å²) < 4.78 is 17.1. The molecule has 2 aromatic carbocycles. The number of nitrogens with zero attached hydrogens (tertiary/aromatic N) is 5. The number of benzene rings is 2. The second-order valence-corrected chi connectivity index (χ2v) is 9.18. The zero-order valence-electron chi connectivity index (χ0n) is 22.2. The van der Waals surface area contributed by atoms with E-state index in [2.05, 4.69) is 45.8 Å². The van der Waals surface area contributed by atoms with Crippen LogP contribution in [-0.2, 0) is 4.74 Å². The van der Waals surface area contributed by atoms with Crippen LogP contribution >= 0.6 is 0 Å². The molecule has 0 radical (unpaired) electrons. The van der Waals surface area contributed by atoms with Gasteiger partial charge in [-0.1, -0.05) is 0 Å². The fourth-order valence-electron chi connectivity index (χ4n) is 4.70. The van der Waals surface area contributed by atoms with Crippen LogP contribution in [0.25, 0.3) is 16.6 Å². The highest BCUT2D eigenvalue weighted by molar-refractivity contribution is 6.09. The minimum absolute atomic E-state index is 0.208. The maximum absolute atomic E-state index is 5.93. The van der Waals surface area contributed by atoms with Crippen molar-refractivity contribution in [2.75, 3.05) is 52.3 Å². The number of aliphatic imine (C=N–C) groups is 1. The Morgan fingerprint density at radius 3 is 2.41 bits per heavy atom. The first kappa shape index (κ1) is 26.4. The molecule has 1 fully saturated rings. The van der Waals surface area contributed by atoms with Crippen molar-refractivity contribution in [2.45, 2.75) is 26.1 Å². The molecule has 0 unspecified atom stereocenters. The molecule has 1 aromatic heterocycles. The fourth-order valence-corrected chi connectivity index (χ4v) is 4.70. The Kier molecular flexibility index (Phi) is 8.58. The fraction of sp³-hybridized carbons (Fsp3) is 0.393. The first-order valence-electron chi connectivity index (χ1n) is 12.4. The number of ether oxygens (including phenoxy) is 3. The van der Waals surface area contributed by atoms with Gasteiger partial charge in [-0.2, -0.15) is 0 Å². The van der Waals surface area contributed by atoms with Gasteiger partial charge in [-0.25, -0.2) is 4.98 Å². The molecule has 1 aliphatic rings. The maximum Gasteiger partial charge on any atom is 0.124 e. The molecule has 37 heavy (non-hydrogen) atoms. The number of anilines is 2. The van der Waals surface area contributed by atoms with Gasteiger partial charge in [0.15, 0.2) is 0 Å². The first-order valence-corrected chi connectivity index (χ1v) is 12.4. The van der Waals surface area contributed by atoms with Crippen LogP contribution < -0.4 is 20.1 Å². The lowest BCUT2D eigenvalue weighted by Gasteiger charge is -2.37. The number of nitrogens with two attached hydrogens (primary N) is 1. The number of aromatic nitrogens is 2. The number of morpholine rings is 1. The number of allylic oxidation sites excluding steroid dienone is 1. The molecule has 3 aromatic rings. The molecule has 9 heteroatoms. The second kappa shape index (κ2) is 12.0. The Morgan fingerprint density at radius 1 is 1.08 bits per heavy atom. The van der Waals surface area contributed by atoms with Crippen molar-refractivity contribution < 1.29 is 14.2 Å². The molecule has 1 saturated heterocycles. The largest absolute Gasteiger partial charge is 0.497 e. The Hall–Kier alpha value is -3.69. The lowest BCUT2D eigenvalue weighted by Crippen LogP contribution is -2.47. The third-order valence-electron chi connectivity index (χ3n) is 6.36. The molecule has 2 heterocycles. The minimum atomic E-state index is 0.208. The summed E-state index contributed by atoms with van der Waals surface area (Å²) in [7, 11) is 5.02.